The highest BCUT2D eigenvalue weighted by molar-refractivity contribution is 6.05. The Hall–Kier alpha value is -4.90. The molecular weight excluding hydrogens is 556 g/mol. The van der Waals surface area contributed by atoms with Crippen LogP contribution in [0.4, 0.5) is 23.0 Å². The number of aryl methyl sites for hydroxylation is 1. The molecule has 228 valence electrons. The maximum atomic E-state index is 13.3. The van der Waals surface area contributed by atoms with Crippen LogP contribution in [0.5, 0.6) is 5.75 Å². The van der Waals surface area contributed by atoms with Crippen molar-refractivity contribution in [2.45, 2.75) is 0 Å². The molecule has 0 unspecified atom stereocenters. The van der Waals surface area contributed by atoms with Crippen LogP contribution in [0.15, 0.2) is 61.4 Å². The number of anilines is 4. The van der Waals surface area contributed by atoms with Gasteiger partial charge in [-0.25, -0.2) is 9.97 Å². The van der Waals surface area contributed by atoms with E-state index in [0.717, 1.165) is 31.9 Å². The van der Waals surface area contributed by atoms with Crippen molar-refractivity contribution >= 4 is 45.7 Å². The van der Waals surface area contributed by atoms with Crippen molar-refractivity contribution in [3.63, 3.8) is 0 Å². The minimum atomic E-state index is -2.46. The van der Waals surface area contributed by atoms with Gasteiger partial charge in [0.1, 0.15) is 5.75 Å². The zero-order valence-corrected chi connectivity index (χ0v) is 25.3. The first-order valence-corrected chi connectivity index (χ1v) is 14.4. The van der Waals surface area contributed by atoms with E-state index in [2.05, 4.69) is 39.0 Å². The number of benzene rings is 2. The summed E-state index contributed by atoms with van der Waals surface area (Å²) < 4.78 is 31.3. The molecule has 2 fully saturated rings. The molecule has 0 aliphatic carbocycles. The van der Waals surface area contributed by atoms with E-state index in [9.17, 15) is 9.59 Å². The molecule has 2 saturated heterocycles. The molecule has 2 aliphatic heterocycles. The van der Waals surface area contributed by atoms with E-state index in [4.69, 9.17) is 13.8 Å². The molecule has 4 heterocycles. The summed E-state index contributed by atoms with van der Waals surface area (Å²) in [6.45, 7) is 4.94. The molecule has 2 N–H and O–H groups in total. The van der Waals surface area contributed by atoms with E-state index in [1.807, 2.05) is 6.07 Å². The number of nitrogens with one attached hydrogen (secondary N) is 2. The lowest BCUT2D eigenvalue weighted by atomic mass is 10.0. The minimum absolute atomic E-state index is 0.145. The normalized spacial score (nSPS) is 19.2. The number of methoxy groups -OCH3 is 1. The van der Waals surface area contributed by atoms with Crippen LogP contribution in [-0.2, 0) is 11.8 Å². The molecule has 0 bridgehead atoms. The van der Waals surface area contributed by atoms with Gasteiger partial charge in [0.05, 0.1) is 35.4 Å². The Labute approximate surface area is 261 Å². The highest BCUT2D eigenvalue weighted by atomic mass is 16.5. The number of carbonyl (C=O) groups excluding carboxylic acids is 2. The lowest BCUT2D eigenvalue weighted by molar-refractivity contribution is -0.111. The van der Waals surface area contributed by atoms with Gasteiger partial charge in [0, 0.05) is 86.3 Å². The van der Waals surface area contributed by atoms with Crippen molar-refractivity contribution in [1.29, 1.82) is 0 Å². The summed E-state index contributed by atoms with van der Waals surface area (Å²) in [6, 6.07) is 10.8. The van der Waals surface area contributed by atoms with Gasteiger partial charge in [-0.1, -0.05) is 24.8 Å². The van der Waals surface area contributed by atoms with Crippen LogP contribution in [-0.4, -0.2) is 90.6 Å². The van der Waals surface area contributed by atoms with Crippen LogP contribution in [0.3, 0.4) is 0 Å². The van der Waals surface area contributed by atoms with Crippen molar-refractivity contribution in [3.05, 3.63) is 67.0 Å². The van der Waals surface area contributed by atoms with Gasteiger partial charge in [-0.2, -0.15) is 0 Å². The van der Waals surface area contributed by atoms with Gasteiger partial charge in [0.15, 0.2) is 0 Å². The molecule has 2 aliphatic rings. The maximum absolute atomic E-state index is 13.3. The number of carbonyl (C=O) groups is 2. The standard InChI is InChI=1S/C33H38N8O3/c1-7-30(42)35-25-12-26(29(44-6)13-28(25)41-17-20-15-39(4)16-21(20)18-41)36-33-34-14-23(32(43)38(2)3)31(37-33)24-19-40(5)27-11-9-8-10-22(24)27/h7-14,19-21H,1,15-18H2,2-6H3,(H,35,42)(H,34,36,37)/t20-,21+/i5D3. The van der Waals surface area contributed by atoms with Gasteiger partial charge in [-0.15, -0.1) is 0 Å². The number of fused-ring (bicyclic) bond motifs is 2. The van der Waals surface area contributed by atoms with Crippen LogP contribution >= 0.6 is 0 Å². The summed E-state index contributed by atoms with van der Waals surface area (Å²) in [5.74, 6) is 1.04. The summed E-state index contributed by atoms with van der Waals surface area (Å²) >= 11 is 0. The van der Waals surface area contributed by atoms with E-state index in [0.29, 0.717) is 45.4 Å². The van der Waals surface area contributed by atoms with Crippen molar-refractivity contribution in [3.8, 4) is 17.0 Å². The lowest BCUT2D eigenvalue weighted by Gasteiger charge is -2.26. The molecule has 0 saturated carbocycles. The fourth-order valence-electron chi connectivity index (χ4n) is 6.34. The Morgan fingerprint density at radius 1 is 1.14 bits per heavy atom. The molecule has 0 spiro atoms. The molecule has 4 aromatic rings. The fraction of sp³-hybridized carbons (Fsp3) is 0.333. The molecule has 6 rings (SSSR count). The molecule has 11 nitrogen and oxygen atoms in total. The molecule has 11 heteroatoms. The third kappa shape index (κ3) is 5.35. The monoisotopic (exact) mass is 597 g/mol. The van der Waals surface area contributed by atoms with E-state index < -0.39 is 6.98 Å². The van der Waals surface area contributed by atoms with Crippen molar-refractivity contribution in [2.75, 3.05) is 70.0 Å². The average Bonchev–Trinajstić information content (AvgIpc) is 3.72. The third-order valence-corrected chi connectivity index (χ3v) is 8.41. The molecule has 2 atom stereocenters. The van der Waals surface area contributed by atoms with Gasteiger partial charge in [-0.05, 0) is 37.1 Å². The number of rotatable bonds is 8. The average molecular weight is 598 g/mol. The number of nitrogens with zero attached hydrogens (tertiary/aromatic N) is 6. The maximum Gasteiger partial charge on any atom is 0.257 e. The summed E-state index contributed by atoms with van der Waals surface area (Å²) in [7, 11) is 6.96. The SMILES string of the molecule is [2H]C([2H])([2H])n1cc(-c2nc(Nc3cc(NC(=O)C=C)c(N4C[C@H]5CN(C)C[C@H]5C4)cc3OC)ncc2C(=O)N(C)C)c2ccccc21. The Balaban J connectivity index is 1.44. The Morgan fingerprint density at radius 2 is 1.89 bits per heavy atom. The molecule has 0 radical (unpaired) electrons. The Kier molecular flexibility index (Phi) is 6.77. The van der Waals surface area contributed by atoms with Crippen LogP contribution in [0.25, 0.3) is 22.2 Å². The highest BCUT2D eigenvalue weighted by Crippen LogP contribution is 2.42. The zero-order valence-electron chi connectivity index (χ0n) is 28.3. The van der Waals surface area contributed by atoms with Crippen LogP contribution in [0, 0.1) is 11.8 Å². The second kappa shape index (κ2) is 11.6. The van der Waals surface area contributed by atoms with Crippen LogP contribution in [0.2, 0.25) is 0 Å². The summed E-state index contributed by atoms with van der Waals surface area (Å²) in [4.78, 5) is 41.1. The summed E-state index contributed by atoms with van der Waals surface area (Å²) in [5, 5.41) is 6.79. The van der Waals surface area contributed by atoms with E-state index in [1.54, 1.807) is 51.5 Å². The molecule has 2 aromatic carbocycles. The fourth-order valence-corrected chi connectivity index (χ4v) is 6.34. The van der Waals surface area contributed by atoms with Crippen LogP contribution < -0.4 is 20.3 Å². The number of aromatic nitrogens is 3. The van der Waals surface area contributed by atoms with Gasteiger partial charge < -0.3 is 34.6 Å². The number of likely N-dealkylation sites (tertiary alicyclic amines) is 1. The predicted molar refractivity (Wildman–Crippen MR) is 174 cm³/mol. The molecule has 44 heavy (non-hydrogen) atoms. The Bertz CT molecular complexity index is 1860. The summed E-state index contributed by atoms with van der Waals surface area (Å²) in [6.07, 6.45) is 4.15. The van der Waals surface area contributed by atoms with Gasteiger partial charge in [0.25, 0.3) is 5.91 Å². The van der Waals surface area contributed by atoms with Crippen molar-refractivity contribution < 1.29 is 18.4 Å². The highest BCUT2D eigenvalue weighted by Gasteiger charge is 2.39. The lowest BCUT2D eigenvalue weighted by Crippen LogP contribution is -2.27. The molecule has 2 amide bonds. The number of hydrogen-bond acceptors (Lipinski definition) is 8. The van der Waals surface area contributed by atoms with Gasteiger partial charge in [0.2, 0.25) is 11.9 Å². The van der Waals surface area contributed by atoms with Gasteiger partial charge in [-0.3, -0.25) is 9.59 Å². The predicted octanol–water partition coefficient (Wildman–Crippen LogP) is 4.21. The quantitative estimate of drug-likeness (QED) is 0.291. The smallest absolute Gasteiger partial charge is 0.257 e. The summed E-state index contributed by atoms with van der Waals surface area (Å²) in [5.41, 5.74) is 3.33. The number of hydrogen-bond donors (Lipinski definition) is 2. The second-order valence-corrected chi connectivity index (χ2v) is 11.6. The largest absolute Gasteiger partial charge is 0.494 e. The van der Waals surface area contributed by atoms with E-state index in [1.165, 1.54) is 27.9 Å². The second-order valence-electron chi connectivity index (χ2n) is 11.6. The first kappa shape index (κ1) is 25.6. The molecular formula is C33H38N8O3. The number of amides is 2. The zero-order chi connectivity index (χ0) is 33.6. The first-order valence-electron chi connectivity index (χ1n) is 15.9. The molecule has 2 aromatic heterocycles. The van der Waals surface area contributed by atoms with E-state index in [-0.39, 0.29) is 29.0 Å². The van der Waals surface area contributed by atoms with Crippen molar-refractivity contribution in [2.24, 2.45) is 18.8 Å². The number of para-hydroxylation sites is 1. The minimum Gasteiger partial charge on any atom is -0.494 e. The van der Waals surface area contributed by atoms with Gasteiger partial charge >= 0.3 is 0 Å². The Morgan fingerprint density at radius 3 is 2.57 bits per heavy atom. The first-order chi connectivity index (χ1) is 22.4. The van der Waals surface area contributed by atoms with E-state index >= 15 is 0 Å². The topological polar surface area (TPSA) is 108 Å². The van der Waals surface area contributed by atoms with Crippen LogP contribution in [0.1, 0.15) is 14.5 Å². The number of ether oxygens (including phenoxy) is 1. The van der Waals surface area contributed by atoms with Crippen molar-refractivity contribution in [1.82, 2.24) is 24.3 Å². The third-order valence-electron chi connectivity index (χ3n) is 8.41.